The van der Waals surface area contributed by atoms with E-state index in [9.17, 15) is 18.0 Å². The van der Waals surface area contributed by atoms with Crippen LogP contribution in [0.25, 0.3) is 0 Å². The smallest absolute Gasteiger partial charge is 0.475 e. The quantitative estimate of drug-likeness (QED) is 0.751. The van der Waals surface area contributed by atoms with Crippen molar-refractivity contribution in [2.24, 2.45) is 0 Å². The van der Waals surface area contributed by atoms with Crippen molar-refractivity contribution in [3.05, 3.63) is 47.9 Å². The average Bonchev–Trinajstić information content (AvgIpc) is 3.19. The minimum absolute atomic E-state index is 0.00508. The van der Waals surface area contributed by atoms with Crippen molar-refractivity contribution >= 4 is 17.7 Å². The van der Waals surface area contributed by atoms with E-state index in [2.05, 4.69) is 20.1 Å². The number of aryl methyl sites for hydroxylation is 1. The predicted octanol–water partition coefficient (Wildman–Crippen LogP) is 1.54. The lowest BCUT2D eigenvalue weighted by molar-refractivity contribution is -0.192. The predicted molar refractivity (Wildman–Crippen MR) is 101 cm³/mol. The lowest BCUT2D eigenvalue weighted by Gasteiger charge is -2.37. The molecule has 4 heterocycles. The number of hydrogen-bond donors (Lipinski definition) is 1. The van der Waals surface area contributed by atoms with Crippen LogP contribution in [0.1, 0.15) is 16.2 Å². The number of pyridine rings is 1. The number of carbonyl (C=O) groups excluding carboxylic acids is 1. The molecule has 2 aliphatic rings. The highest BCUT2D eigenvalue weighted by molar-refractivity contribution is 5.92. The van der Waals surface area contributed by atoms with Gasteiger partial charge in [-0.2, -0.15) is 18.3 Å². The second-order valence-electron chi connectivity index (χ2n) is 6.93. The van der Waals surface area contributed by atoms with Crippen LogP contribution in [-0.2, 0) is 9.53 Å². The highest BCUT2D eigenvalue weighted by Gasteiger charge is 2.42. The number of carboxylic acids is 1. The van der Waals surface area contributed by atoms with Crippen molar-refractivity contribution in [1.29, 1.82) is 0 Å². The molecule has 2 saturated heterocycles. The Morgan fingerprint density at radius 2 is 1.90 bits per heavy atom. The van der Waals surface area contributed by atoms with Crippen molar-refractivity contribution < 1.29 is 32.6 Å². The largest absolute Gasteiger partial charge is 0.490 e. The molecule has 31 heavy (non-hydrogen) atoms. The van der Waals surface area contributed by atoms with Crippen molar-refractivity contribution in [2.75, 3.05) is 31.1 Å². The van der Waals surface area contributed by atoms with Crippen LogP contribution in [0.3, 0.4) is 0 Å². The number of rotatable bonds is 2. The lowest BCUT2D eigenvalue weighted by atomic mass is 10.1. The normalized spacial score (nSPS) is 20.5. The molecule has 1 amide bonds. The molecule has 0 saturated carbocycles. The molecule has 2 aromatic rings. The third kappa shape index (κ3) is 5.45. The minimum atomic E-state index is -5.08. The Morgan fingerprint density at radius 1 is 1.16 bits per heavy atom. The fourth-order valence-corrected chi connectivity index (χ4v) is 3.33. The molecule has 0 bridgehead atoms. The van der Waals surface area contributed by atoms with Gasteiger partial charge in [-0.3, -0.25) is 9.78 Å². The maximum atomic E-state index is 12.6. The summed E-state index contributed by atoms with van der Waals surface area (Å²) in [5, 5.41) is 15.6. The summed E-state index contributed by atoms with van der Waals surface area (Å²) >= 11 is 0. The van der Waals surface area contributed by atoms with Gasteiger partial charge in [-0.05, 0) is 31.2 Å². The van der Waals surface area contributed by atoms with Crippen LogP contribution in [0.15, 0.2) is 36.5 Å². The van der Waals surface area contributed by atoms with Crippen LogP contribution in [0.4, 0.5) is 19.0 Å². The van der Waals surface area contributed by atoms with Gasteiger partial charge in [-0.25, -0.2) is 4.79 Å². The molecule has 0 spiro atoms. The molecule has 9 nitrogen and oxygen atoms in total. The molecule has 2 aromatic heterocycles. The number of nitrogens with zero attached hydrogens (tertiary/aromatic N) is 5. The molecule has 0 unspecified atom stereocenters. The average molecular weight is 439 g/mol. The standard InChI is InChI=1S/C17H19N5O2.C2HF3O2/c1-12-5-6-16(20-19-12)22-8-9-24-15-11-21(10-14(15)22)17(23)13-4-2-3-7-18-13;3-2(4,5)1(6)7/h2-7,14-15H,8-11H2,1H3;(H,6,7)/t14-,15+;/m1./s1. The summed E-state index contributed by atoms with van der Waals surface area (Å²) in [4.78, 5) is 29.7. The first-order valence-electron chi connectivity index (χ1n) is 9.36. The van der Waals surface area contributed by atoms with E-state index in [1.165, 1.54) is 0 Å². The summed E-state index contributed by atoms with van der Waals surface area (Å²) < 4.78 is 37.6. The van der Waals surface area contributed by atoms with E-state index < -0.39 is 12.1 Å². The maximum absolute atomic E-state index is 12.6. The van der Waals surface area contributed by atoms with E-state index in [1.54, 1.807) is 18.3 Å². The topological polar surface area (TPSA) is 109 Å². The first kappa shape index (κ1) is 22.4. The van der Waals surface area contributed by atoms with Gasteiger partial charge >= 0.3 is 12.1 Å². The number of halogens is 3. The van der Waals surface area contributed by atoms with Gasteiger partial charge in [0, 0.05) is 25.8 Å². The van der Waals surface area contributed by atoms with E-state index in [0.717, 1.165) is 18.1 Å². The monoisotopic (exact) mass is 439 g/mol. The molecule has 166 valence electrons. The number of hydrogen-bond acceptors (Lipinski definition) is 7. The SMILES string of the molecule is Cc1ccc(N2CCO[C@H]3CN(C(=O)c4ccccn4)C[C@H]32)nn1.O=C(O)C(F)(F)F. The Hall–Kier alpha value is -3.28. The van der Waals surface area contributed by atoms with Gasteiger partial charge in [0.05, 0.1) is 24.4 Å². The molecule has 2 aliphatic heterocycles. The minimum Gasteiger partial charge on any atom is -0.475 e. The second-order valence-corrected chi connectivity index (χ2v) is 6.93. The molecule has 4 rings (SSSR count). The van der Waals surface area contributed by atoms with Crippen LogP contribution < -0.4 is 4.90 Å². The fraction of sp³-hybridized carbons (Fsp3) is 0.421. The summed E-state index contributed by atoms with van der Waals surface area (Å²) in [6.07, 6.45) is -3.45. The molecule has 2 fully saturated rings. The van der Waals surface area contributed by atoms with Crippen molar-refractivity contribution in [3.8, 4) is 0 Å². The van der Waals surface area contributed by atoms with Crippen molar-refractivity contribution in [2.45, 2.75) is 25.2 Å². The van der Waals surface area contributed by atoms with Gasteiger partial charge in [0.2, 0.25) is 0 Å². The Balaban J connectivity index is 0.000000339. The van der Waals surface area contributed by atoms with Gasteiger partial charge in [0.1, 0.15) is 5.69 Å². The van der Waals surface area contributed by atoms with E-state index >= 15 is 0 Å². The molecule has 0 radical (unpaired) electrons. The molecule has 1 N–H and O–H groups in total. The number of amides is 1. The van der Waals surface area contributed by atoms with Gasteiger partial charge in [-0.1, -0.05) is 6.07 Å². The van der Waals surface area contributed by atoms with Crippen LogP contribution in [0.5, 0.6) is 0 Å². The molecule has 0 aliphatic carbocycles. The number of aliphatic carboxylic acids is 1. The number of carbonyl (C=O) groups is 2. The summed E-state index contributed by atoms with van der Waals surface area (Å²) in [6, 6.07) is 9.42. The Kier molecular flexibility index (Phi) is 6.68. The first-order chi connectivity index (χ1) is 14.7. The number of ether oxygens (including phenoxy) is 1. The number of aromatic nitrogens is 3. The van der Waals surface area contributed by atoms with Crippen LogP contribution in [-0.4, -0.2) is 81.6 Å². The van der Waals surface area contributed by atoms with Crippen molar-refractivity contribution in [3.63, 3.8) is 0 Å². The third-order valence-corrected chi connectivity index (χ3v) is 4.79. The zero-order valence-electron chi connectivity index (χ0n) is 16.5. The lowest BCUT2D eigenvalue weighted by Crippen LogP contribution is -2.51. The molecular formula is C19H20F3N5O4. The maximum Gasteiger partial charge on any atom is 0.490 e. The summed E-state index contributed by atoms with van der Waals surface area (Å²) in [5.41, 5.74) is 1.36. The molecular weight excluding hydrogens is 419 g/mol. The number of morpholine rings is 1. The number of alkyl halides is 3. The fourth-order valence-electron chi connectivity index (χ4n) is 3.33. The molecule has 2 atom stereocenters. The Bertz CT molecular complexity index is 911. The summed E-state index contributed by atoms with van der Waals surface area (Å²) in [5.74, 6) is -1.97. The zero-order chi connectivity index (χ0) is 22.6. The Morgan fingerprint density at radius 3 is 2.48 bits per heavy atom. The van der Waals surface area contributed by atoms with Crippen LogP contribution in [0.2, 0.25) is 0 Å². The van der Waals surface area contributed by atoms with Gasteiger partial charge in [0.25, 0.3) is 5.91 Å². The van der Waals surface area contributed by atoms with Crippen LogP contribution >= 0.6 is 0 Å². The van der Waals surface area contributed by atoms with E-state index in [1.807, 2.05) is 30.0 Å². The van der Waals surface area contributed by atoms with Gasteiger partial charge in [0.15, 0.2) is 5.82 Å². The highest BCUT2D eigenvalue weighted by Crippen LogP contribution is 2.27. The number of anilines is 1. The van der Waals surface area contributed by atoms with Gasteiger partial charge in [-0.15, -0.1) is 5.10 Å². The Labute approximate surface area is 175 Å². The van der Waals surface area contributed by atoms with E-state index in [-0.39, 0.29) is 18.1 Å². The first-order valence-corrected chi connectivity index (χ1v) is 9.36. The highest BCUT2D eigenvalue weighted by atomic mass is 19.4. The van der Waals surface area contributed by atoms with E-state index in [4.69, 9.17) is 14.6 Å². The van der Waals surface area contributed by atoms with Crippen molar-refractivity contribution in [1.82, 2.24) is 20.1 Å². The zero-order valence-corrected chi connectivity index (χ0v) is 16.5. The molecule has 12 heteroatoms. The van der Waals surface area contributed by atoms with Gasteiger partial charge < -0.3 is 19.6 Å². The third-order valence-electron chi connectivity index (χ3n) is 4.79. The van der Waals surface area contributed by atoms with E-state index in [0.29, 0.717) is 25.4 Å². The van der Waals surface area contributed by atoms with Crippen LogP contribution in [0, 0.1) is 6.92 Å². The summed E-state index contributed by atoms with van der Waals surface area (Å²) in [7, 11) is 0. The number of fused-ring (bicyclic) bond motifs is 1. The second kappa shape index (κ2) is 9.25. The number of likely N-dealkylation sites (tertiary alicyclic amines) is 1. The molecule has 0 aromatic carbocycles. The number of carboxylic acid groups (broad SMARTS) is 1. The summed E-state index contributed by atoms with van der Waals surface area (Å²) in [6.45, 7) is 4.49.